The highest BCUT2D eigenvalue weighted by atomic mass is 32.1. The minimum atomic E-state index is -0.0572. The van der Waals surface area contributed by atoms with Crippen LogP contribution in [0, 0.1) is 0 Å². The van der Waals surface area contributed by atoms with Crippen LogP contribution < -0.4 is 4.90 Å². The molecule has 8 aromatic carbocycles. The predicted molar refractivity (Wildman–Crippen MR) is 243 cm³/mol. The van der Waals surface area contributed by atoms with E-state index >= 15 is 0 Å². The van der Waals surface area contributed by atoms with E-state index < -0.39 is 0 Å². The number of thiophene rings is 2. The number of fused-ring (bicyclic) bond motifs is 8. The Morgan fingerprint density at radius 2 is 0.839 bits per heavy atom. The maximum absolute atomic E-state index is 2.43. The maximum Gasteiger partial charge on any atom is 0.0462 e. The molecular formula is C53H37NS2. The van der Waals surface area contributed by atoms with E-state index in [1.54, 1.807) is 0 Å². The molecule has 0 spiro atoms. The lowest BCUT2D eigenvalue weighted by Crippen LogP contribution is -2.15. The standard InChI is InChI=1S/C53H37NS2/c1-53(2)47-33-39(22-30-44(47)52-51(53)45-13-7-9-15-49(45)56-52)37-20-28-42(29-21-37)54(40-24-16-35(17-25-40)34-10-4-3-5-11-34)41-26-18-36(19-27-41)38-23-31-50-46(32-38)43-12-6-8-14-48(43)55-50/h3-33H,1-2H3. The summed E-state index contributed by atoms with van der Waals surface area (Å²) in [6, 6.07) is 69.2. The van der Waals surface area contributed by atoms with Crippen molar-refractivity contribution in [2.45, 2.75) is 19.3 Å². The molecule has 1 aliphatic rings. The lowest BCUT2D eigenvalue weighted by molar-refractivity contribution is 0.667. The molecule has 2 heterocycles. The summed E-state index contributed by atoms with van der Waals surface area (Å²) in [7, 11) is 0. The van der Waals surface area contributed by atoms with Crippen molar-refractivity contribution in [2.75, 3.05) is 4.90 Å². The fourth-order valence-electron chi connectivity index (χ4n) is 8.82. The van der Waals surface area contributed by atoms with Gasteiger partial charge in [-0.3, -0.25) is 0 Å². The van der Waals surface area contributed by atoms with E-state index in [9.17, 15) is 0 Å². The summed E-state index contributed by atoms with van der Waals surface area (Å²) in [4.78, 5) is 3.79. The van der Waals surface area contributed by atoms with Crippen LogP contribution in [-0.2, 0) is 5.41 Å². The van der Waals surface area contributed by atoms with Crippen LogP contribution in [0.3, 0.4) is 0 Å². The van der Waals surface area contributed by atoms with Crippen LogP contribution in [0.1, 0.15) is 25.0 Å². The Bertz CT molecular complexity index is 3080. The molecule has 0 saturated heterocycles. The van der Waals surface area contributed by atoms with Crippen molar-refractivity contribution in [3.8, 4) is 43.8 Å². The summed E-state index contributed by atoms with van der Waals surface area (Å²) in [6.45, 7) is 4.77. The summed E-state index contributed by atoms with van der Waals surface area (Å²) >= 11 is 3.79. The number of anilines is 3. The second kappa shape index (κ2) is 12.9. The summed E-state index contributed by atoms with van der Waals surface area (Å²) in [5.41, 5.74) is 14.9. The Balaban J connectivity index is 0.954. The maximum atomic E-state index is 2.43. The van der Waals surface area contributed by atoms with Gasteiger partial charge < -0.3 is 4.90 Å². The molecule has 2 aromatic heterocycles. The zero-order valence-electron chi connectivity index (χ0n) is 31.2. The van der Waals surface area contributed by atoms with E-state index in [1.165, 1.54) is 85.2 Å². The third-order valence-electron chi connectivity index (χ3n) is 11.7. The second-order valence-corrected chi connectivity index (χ2v) is 17.5. The first-order chi connectivity index (χ1) is 27.5. The van der Waals surface area contributed by atoms with Crippen LogP contribution >= 0.6 is 22.7 Å². The van der Waals surface area contributed by atoms with E-state index in [0.717, 1.165) is 17.1 Å². The van der Waals surface area contributed by atoms with Crippen molar-refractivity contribution in [2.24, 2.45) is 0 Å². The Kier molecular flexibility index (Phi) is 7.64. The molecule has 0 amide bonds. The van der Waals surface area contributed by atoms with Gasteiger partial charge in [0.25, 0.3) is 0 Å². The first-order valence-corrected chi connectivity index (χ1v) is 20.9. The van der Waals surface area contributed by atoms with Crippen molar-refractivity contribution in [1.29, 1.82) is 0 Å². The second-order valence-electron chi connectivity index (χ2n) is 15.3. The molecule has 0 N–H and O–H groups in total. The molecule has 56 heavy (non-hydrogen) atoms. The van der Waals surface area contributed by atoms with Crippen molar-refractivity contribution in [3.63, 3.8) is 0 Å². The van der Waals surface area contributed by atoms with E-state index in [-0.39, 0.29) is 5.41 Å². The number of rotatable bonds is 6. The predicted octanol–water partition coefficient (Wildman–Crippen LogP) is 16.0. The van der Waals surface area contributed by atoms with Crippen LogP contribution in [-0.4, -0.2) is 0 Å². The van der Waals surface area contributed by atoms with Crippen LogP contribution in [0.5, 0.6) is 0 Å². The molecule has 0 aliphatic heterocycles. The van der Waals surface area contributed by atoms with Crippen LogP contribution in [0.25, 0.3) is 74.1 Å². The van der Waals surface area contributed by atoms with Gasteiger partial charge in [0.1, 0.15) is 0 Å². The quantitative estimate of drug-likeness (QED) is 0.164. The molecule has 1 aliphatic carbocycles. The number of benzene rings is 8. The van der Waals surface area contributed by atoms with Gasteiger partial charge in [0.05, 0.1) is 0 Å². The summed E-state index contributed by atoms with van der Waals surface area (Å²) in [5.74, 6) is 0. The zero-order valence-corrected chi connectivity index (χ0v) is 32.8. The molecule has 3 heteroatoms. The van der Waals surface area contributed by atoms with Gasteiger partial charge in [-0.05, 0) is 122 Å². The van der Waals surface area contributed by atoms with Gasteiger partial charge in [-0.2, -0.15) is 0 Å². The monoisotopic (exact) mass is 751 g/mol. The first-order valence-electron chi connectivity index (χ1n) is 19.2. The minimum Gasteiger partial charge on any atom is -0.311 e. The first kappa shape index (κ1) is 33.1. The molecule has 11 rings (SSSR count). The molecule has 10 aromatic rings. The van der Waals surface area contributed by atoms with E-state index in [1.807, 2.05) is 22.7 Å². The summed E-state index contributed by atoms with van der Waals surface area (Å²) < 4.78 is 4.03. The molecular weight excluding hydrogens is 715 g/mol. The Morgan fingerprint density at radius 3 is 1.48 bits per heavy atom. The Hall–Kier alpha value is -6.26. The van der Waals surface area contributed by atoms with Crippen LogP contribution in [0.2, 0.25) is 0 Å². The fourth-order valence-corrected chi connectivity index (χ4v) is 11.3. The molecule has 0 atom stereocenters. The topological polar surface area (TPSA) is 3.24 Å². The lowest BCUT2D eigenvalue weighted by Gasteiger charge is -2.26. The third-order valence-corrected chi connectivity index (χ3v) is 14.0. The number of nitrogens with zero attached hydrogens (tertiary/aromatic N) is 1. The molecule has 0 bridgehead atoms. The zero-order chi connectivity index (χ0) is 37.4. The molecule has 0 saturated carbocycles. The van der Waals surface area contributed by atoms with Gasteiger partial charge in [0, 0.05) is 52.2 Å². The highest BCUT2D eigenvalue weighted by Crippen LogP contribution is 2.56. The highest BCUT2D eigenvalue weighted by Gasteiger charge is 2.38. The largest absolute Gasteiger partial charge is 0.311 e. The van der Waals surface area contributed by atoms with Crippen LogP contribution in [0.4, 0.5) is 17.1 Å². The van der Waals surface area contributed by atoms with Crippen molar-refractivity contribution in [1.82, 2.24) is 0 Å². The van der Waals surface area contributed by atoms with E-state index in [0.29, 0.717) is 0 Å². The average Bonchev–Trinajstić information content (AvgIpc) is 3.90. The molecule has 266 valence electrons. The average molecular weight is 752 g/mol. The molecule has 0 unspecified atom stereocenters. The Labute approximate surface area is 335 Å². The highest BCUT2D eigenvalue weighted by molar-refractivity contribution is 7.25. The van der Waals surface area contributed by atoms with Crippen LogP contribution in [0.15, 0.2) is 188 Å². The van der Waals surface area contributed by atoms with Gasteiger partial charge in [-0.15, -0.1) is 22.7 Å². The van der Waals surface area contributed by atoms with Crippen molar-refractivity contribution >= 4 is 70.0 Å². The Morgan fingerprint density at radius 1 is 0.375 bits per heavy atom. The molecule has 1 nitrogen and oxygen atoms in total. The van der Waals surface area contributed by atoms with Gasteiger partial charge in [0.2, 0.25) is 0 Å². The van der Waals surface area contributed by atoms with Gasteiger partial charge in [0.15, 0.2) is 0 Å². The number of hydrogen-bond donors (Lipinski definition) is 0. The van der Waals surface area contributed by atoms with E-state index in [4.69, 9.17) is 0 Å². The lowest BCUT2D eigenvalue weighted by atomic mass is 9.80. The van der Waals surface area contributed by atoms with E-state index in [2.05, 4.69) is 207 Å². The third kappa shape index (κ3) is 5.34. The van der Waals surface area contributed by atoms with Crippen molar-refractivity contribution in [3.05, 3.63) is 199 Å². The van der Waals surface area contributed by atoms with Crippen molar-refractivity contribution < 1.29 is 0 Å². The minimum absolute atomic E-state index is 0.0572. The summed E-state index contributed by atoms with van der Waals surface area (Å²) in [5, 5.41) is 4.04. The molecule has 0 fully saturated rings. The normalized spacial score (nSPS) is 13.0. The molecule has 0 radical (unpaired) electrons. The van der Waals surface area contributed by atoms with Gasteiger partial charge in [-0.25, -0.2) is 0 Å². The van der Waals surface area contributed by atoms with Gasteiger partial charge in [-0.1, -0.05) is 135 Å². The smallest absolute Gasteiger partial charge is 0.0462 e. The summed E-state index contributed by atoms with van der Waals surface area (Å²) in [6.07, 6.45) is 0. The fraction of sp³-hybridized carbons (Fsp3) is 0.0566. The SMILES string of the molecule is CC1(C)c2cc(-c3ccc(N(c4ccc(-c5ccccc5)cc4)c4ccc(-c5ccc6sc7ccccc7c6c5)cc4)cc3)ccc2-c2sc3ccccc3c21. The van der Waals surface area contributed by atoms with Gasteiger partial charge >= 0.3 is 0 Å². The number of hydrogen-bond acceptors (Lipinski definition) is 3.